The third kappa shape index (κ3) is 9.07. The lowest BCUT2D eigenvalue weighted by Gasteiger charge is -2.29. The molecule has 1 rings (SSSR count). The van der Waals surface area contributed by atoms with Crippen LogP contribution >= 0.6 is 0 Å². The molecular weight excluding hydrogens is 354 g/mol. The largest absolute Gasteiger partial charge is 0.479 e. The first-order valence-corrected chi connectivity index (χ1v) is 10.4. The number of nitrogens with one attached hydrogen (secondary N) is 1. The number of carboxylic acids is 1. The second kappa shape index (κ2) is 13.8. The van der Waals surface area contributed by atoms with Crippen LogP contribution < -0.4 is 5.32 Å². The second-order valence-electron chi connectivity index (χ2n) is 7.20. The van der Waals surface area contributed by atoms with Crippen molar-refractivity contribution in [1.29, 1.82) is 0 Å². The van der Waals surface area contributed by atoms with Crippen molar-refractivity contribution in [3.8, 4) is 0 Å². The number of hydrogen-bond acceptors (Lipinski definition) is 3. The van der Waals surface area contributed by atoms with E-state index in [9.17, 15) is 14.7 Å². The van der Waals surface area contributed by atoms with Crippen LogP contribution in [0.15, 0.2) is 42.5 Å². The van der Waals surface area contributed by atoms with Crippen molar-refractivity contribution in [3.63, 3.8) is 0 Å². The minimum absolute atomic E-state index is 0.115. The van der Waals surface area contributed by atoms with Crippen LogP contribution in [0, 0.1) is 0 Å². The van der Waals surface area contributed by atoms with Crippen molar-refractivity contribution < 1.29 is 19.4 Å². The SMILES string of the molecule is CCCCC/C=C\CC(CCCCC)(NC(=O)OCc1ccccc1)C(=O)O. The van der Waals surface area contributed by atoms with E-state index in [4.69, 9.17) is 4.74 Å². The number of rotatable bonds is 14. The van der Waals surface area contributed by atoms with E-state index in [1.54, 1.807) is 0 Å². The molecule has 1 aromatic rings. The predicted molar refractivity (Wildman–Crippen MR) is 112 cm³/mol. The molecule has 28 heavy (non-hydrogen) atoms. The Balaban J connectivity index is 2.72. The van der Waals surface area contributed by atoms with Crippen LogP contribution in [0.5, 0.6) is 0 Å². The standard InChI is InChI=1S/C23H35NO4/c1-3-5-7-8-9-14-18-23(21(25)26,17-13-6-4-2)24-22(27)28-19-20-15-11-10-12-16-20/h9-12,14-16H,3-8,13,17-19H2,1-2H3,(H,24,27)(H,25,26)/b14-9-. The quantitative estimate of drug-likeness (QED) is 0.309. The van der Waals surface area contributed by atoms with Crippen LogP contribution in [0.3, 0.4) is 0 Å². The van der Waals surface area contributed by atoms with E-state index < -0.39 is 17.6 Å². The molecule has 0 spiro atoms. The molecule has 0 aromatic heterocycles. The van der Waals surface area contributed by atoms with E-state index in [1.165, 1.54) is 0 Å². The molecule has 0 fully saturated rings. The maximum atomic E-state index is 12.3. The second-order valence-corrected chi connectivity index (χ2v) is 7.20. The van der Waals surface area contributed by atoms with E-state index in [-0.39, 0.29) is 13.0 Å². The topological polar surface area (TPSA) is 75.6 Å². The molecule has 0 aliphatic carbocycles. The van der Waals surface area contributed by atoms with Crippen LogP contribution in [-0.4, -0.2) is 22.7 Å². The first-order chi connectivity index (χ1) is 13.5. The molecule has 0 saturated carbocycles. The number of hydrogen-bond donors (Lipinski definition) is 2. The molecule has 0 heterocycles. The molecule has 1 atom stereocenters. The van der Waals surface area contributed by atoms with Gasteiger partial charge in [-0.1, -0.05) is 88.4 Å². The average Bonchev–Trinajstić information content (AvgIpc) is 2.69. The summed E-state index contributed by atoms with van der Waals surface area (Å²) in [5.74, 6) is -1.02. The van der Waals surface area contributed by atoms with Gasteiger partial charge in [0.05, 0.1) is 0 Å². The average molecular weight is 390 g/mol. The first-order valence-electron chi connectivity index (χ1n) is 10.4. The van der Waals surface area contributed by atoms with Crippen molar-refractivity contribution in [2.75, 3.05) is 0 Å². The lowest BCUT2D eigenvalue weighted by molar-refractivity contribution is -0.145. The van der Waals surface area contributed by atoms with E-state index >= 15 is 0 Å². The normalized spacial score (nSPS) is 13.2. The lowest BCUT2D eigenvalue weighted by atomic mass is 9.88. The number of carbonyl (C=O) groups excluding carboxylic acids is 1. The molecule has 1 amide bonds. The Bertz CT molecular complexity index is 600. The number of unbranched alkanes of at least 4 members (excludes halogenated alkanes) is 5. The molecule has 0 bridgehead atoms. The highest BCUT2D eigenvalue weighted by atomic mass is 16.5. The number of benzene rings is 1. The summed E-state index contributed by atoms with van der Waals surface area (Å²) in [4.78, 5) is 24.4. The number of allylic oxidation sites excluding steroid dienone is 1. The number of alkyl carbamates (subject to hydrolysis) is 1. The number of ether oxygens (including phenoxy) is 1. The van der Waals surface area contributed by atoms with Gasteiger partial charge in [0.1, 0.15) is 12.1 Å². The molecule has 1 unspecified atom stereocenters. The fraction of sp³-hybridized carbons (Fsp3) is 0.565. The van der Waals surface area contributed by atoms with Crippen LogP contribution in [0.2, 0.25) is 0 Å². The van der Waals surface area contributed by atoms with E-state index in [0.717, 1.165) is 50.5 Å². The van der Waals surface area contributed by atoms with Crippen molar-refractivity contribution in [3.05, 3.63) is 48.0 Å². The fourth-order valence-corrected chi connectivity index (χ4v) is 3.01. The first kappa shape index (κ1) is 23.7. The van der Waals surface area contributed by atoms with E-state index in [2.05, 4.69) is 19.2 Å². The highest BCUT2D eigenvalue weighted by molar-refractivity contribution is 5.84. The van der Waals surface area contributed by atoms with Crippen LogP contribution in [0.1, 0.15) is 77.2 Å². The zero-order valence-corrected chi connectivity index (χ0v) is 17.3. The van der Waals surface area contributed by atoms with Gasteiger partial charge in [-0.05, 0) is 31.2 Å². The van der Waals surface area contributed by atoms with Gasteiger partial charge in [0.25, 0.3) is 0 Å². The Hall–Kier alpha value is -2.30. The zero-order valence-electron chi connectivity index (χ0n) is 17.3. The van der Waals surface area contributed by atoms with Gasteiger partial charge < -0.3 is 15.2 Å². The van der Waals surface area contributed by atoms with Gasteiger partial charge in [0.2, 0.25) is 0 Å². The highest BCUT2D eigenvalue weighted by Crippen LogP contribution is 2.22. The minimum atomic E-state index is -1.33. The third-order valence-electron chi connectivity index (χ3n) is 4.78. The van der Waals surface area contributed by atoms with Gasteiger partial charge in [-0.15, -0.1) is 0 Å². The zero-order chi connectivity index (χ0) is 20.7. The maximum absolute atomic E-state index is 12.3. The number of carbonyl (C=O) groups is 2. The fourth-order valence-electron chi connectivity index (χ4n) is 3.01. The molecule has 0 saturated heterocycles. The Morgan fingerprint density at radius 2 is 1.71 bits per heavy atom. The highest BCUT2D eigenvalue weighted by Gasteiger charge is 2.39. The summed E-state index contributed by atoms with van der Waals surface area (Å²) in [5, 5.41) is 12.5. The number of carboxylic acid groups (broad SMARTS) is 1. The lowest BCUT2D eigenvalue weighted by Crippen LogP contribution is -2.54. The van der Waals surface area contributed by atoms with E-state index in [0.29, 0.717) is 6.42 Å². The smallest absolute Gasteiger partial charge is 0.408 e. The summed E-state index contributed by atoms with van der Waals surface area (Å²) < 4.78 is 5.26. The molecule has 0 radical (unpaired) electrons. The van der Waals surface area contributed by atoms with Gasteiger partial charge in [-0.3, -0.25) is 0 Å². The maximum Gasteiger partial charge on any atom is 0.408 e. The molecule has 5 nitrogen and oxygen atoms in total. The van der Waals surface area contributed by atoms with Crippen LogP contribution in [0.4, 0.5) is 4.79 Å². The minimum Gasteiger partial charge on any atom is -0.479 e. The van der Waals surface area contributed by atoms with Crippen LogP contribution in [-0.2, 0) is 16.1 Å². The number of aliphatic carboxylic acids is 1. The Labute approximate surface area is 169 Å². The van der Waals surface area contributed by atoms with Crippen LogP contribution in [0.25, 0.3) is 0 Å². The summed E-state index contributed by atoms with van der Waals surface area (Å²) in [6.07, 6.45) is 10.8. The summed E-state index contributed by atoms with van der Waals surface area (Å²) in [5.41, 5.74) is -0.468. The van der Waals surface area contributed by atoms with E-state index in [1.807, 2.05) is 42.5 Å². The van der Waals surface area contributed by atoms with Crippen molar-refractivity contribution in [2.45, 2.75) is 83.8 Å². The van der Waals surface area contributed by atoms with Gasteiger partial charge in [0, 0.05) is 0 Å². The molecule has 1 aromatic carbocycles. The molecule has 5 heteroatoms. The Morgan fingerprint density at radius 3 is 2.36 bits per heavy atom. The Kier molecular flexibility index (Phi) is 11.7. The predicted octanol–water partition coefficient (Wildman–Crippen LogP) is 5.84. The molecule has 2 N–H and O–H groups in total. The van der Waals surface area contributed by atoms with Crippen molar-refractivity contribution >= 4 is 12.1 Å². The summed E-state index contributed by atoms with van der Waals surface area (Å²) in [6, 6.07) is 9.34. The van der Waals surface area contributed by atoms with Crippen molar-refractivity contribution in [2.24, 2.45) is 0 Å². The summed E-state index contributed by atoms with van der Waals surface area (Å²) >= 11 is 0. The van der Waals surface area contributed by atoms with Crippen molar-refractivity contribution in [1.82, 2.24) is 5.32 Å². The number of amides is 1. The molecular formula is C23H35NO4. The Morgan fingerprint density at radius 1 is 1.04 bits per heavy atom. The monoisotopic (exact) mass is 389 g/mol. The molecule has 0 aliphatic heterocycles. The summed E-state index contributed by atoms with van der Waals surface area (Å²) in [7, 11) is 0. The van der Waals surface area contributed by atoms with Gasteiger partial charge in [-0.2, -0.15) is 0 Å². The van der Waals surface area contributed by atoms with Gasteiger partial charge in [-0.25, -0.2) is 9.59 Å². The summed E-state index contributed by atoms with van der Waals surface area (Å²) in [6.45, 7) is 4.33. The molecule has 156 valence electrons. The third-order valence-corrected chi connectivity index (χ3v) is 4.78. The van der Waals surface area contributed by atoms with Gasteiger partial charge in [0.15, 0.2) is 0 Å². The molecule has 0 aliphatic rings. The van der Waals surface area contributed by atoms with Gasteiger partial charge >= 0.3 is 12.1 Å².